The van der Waals surface area contributed by atoms with Gasteiger partial charge in [-0.15, -0.1) is 0 Å². The van der Waals surface area contributed by atoms with Crippen molar-refractivity contribution in [2.75, 3.05) is 5.32 Å². The third-order valence-electron chi connectivity index (χ3n) is 2.83. The van der Waals surface area contributed by atoms with Gasteiger partial charge in [0.15, 0.2) is 0 Å². The molecule has 0 radical (unpaired) electrons. The molecule has 5 heteroatoms. The third-order valence-corrected chi connectivity index (χ3v) is 4.05. The SMILES string of the molecule is Cc1cc(NC(=O)/C=C/c2c(F)cccc2Cl)ccc1Br. The fourth-order valence-electron chi connectivity index (χ4n) is 1.74. The Kier molecular flexibility index (Phi) is 5.15. The lowest BCUT2D eigenvalue weighted by molar-refractivity contribution is -0.111. The molecule has 0 aromatic heterocycles. The summed E-state index contributed by atoms with van der Waals surface area (Å²) in [5, 5.41) is 2.97. The van der Waals surface area contributed by atoms with Gasteiger partial charge in [0.1, 0.15) is 5.82 Å². The summed E-state index contributed by atoms with van der Waals surface area (Å²) in [6, 6.07) is 9.84. The second-order valence-electron chi connectivity index (χ2n) is 4.42. The zero-order valence-corrected chi connectivity index (χ0v) is 13.5. The molecule has 0 fully saturated rings. The molecule has 0 heterocycles. The monoisotopic (exact) mass is 367 g/mol. The Morgan fingerprint density at radius 1 is 1.33 bits per heavy atom. The number of aryl methyl sites for hydroxylation is 1. The fourth-order valence-corrected chi connectivity index (χ4v) is 2.21. The zero-order valence-electron chi connectivity index (χ0n) is 11.2. The van der Waals surface area contributed by atoms with Crippen LogP contribution in [-0.4, -0.2) is 5.91 Å². The maximum absolute atomic E-state index is 13.6. The van der Waals surface area contributed by atoms with E-state index in [2.05, 4.69) is 21.2 Å². The summed E-state index contributed by atoms with van der Waals surface area (Å²) in [7, 11) is 0. The van der Waals surface area contributed by atoms with E-state index in [4.69, 9.17) is 11.6 Å². The molecule has 2 aromatic rings. The smallest absolute Gasteiger partial charge is 0.248 e. The largest absolute Gasteiger partial charge is 0.323 e. The van der Waals surface area contributed by atoms with Crippen LogP contribution in [0.15, 0.2) is 46.9 Å². The van der Waals surface area contributed by atoms with E-state index in [1.165, 1.54) is 24.3 Å². The molecule has 0 unspecified atom stereocenters. The van der Waals surface area contributed by atoms with Crippen molar-refractivity contribution in [3.8, 4) is 0 Å². The molecule has 2 rings (SSSR count). The van der Waals surface area contributed by atoms with Gasteiger partial charge < -0.3 is 5.32 Å². The van der Waals surface area contributed by atoms with E-state index >= 15 is 0 Å². The summed E-state index contributed by atoms with van der Waals surface area (Å²) < 4.78 is 14.5. The van der Waals surface area contributed by atoms with Crippen LogP contribution in [0.25, 0.3) is 6.08 Å². The van der Waals surface area contributed by atoms with Crippen molar-refractivity contribution >= 4 is 45.2 Å². The van der Waals surface area contributed by atoms with Crippen molar-refractivity contribution in [1.29, 1.82) is 0 Å². The number of halogens is 3. The van der Waals surface area contributed by atoms with Gasteiger partial charge in [0.25, 0.3) is 0 Å². The lowest BCUT2D eigenvalue weighted by Gasteiger charge is -2.05. The Morgan fingerprint density at radius 3 is 2.76 bits per heavy atom. The highest BCUT2D eigenvalue weighted by Crippen LogP contribution is 2.21. The number of carbonyl (C=O) groups is 1. The van der Waals surface area contributed by atoms with Crippen LogP contribution in [0.5, 0.6) is 0 Å². The number of carbonyl (C=O) groups excluding carboxylic acids is 1. The van der Waals surface area contributed by atoms with Gasteiger partial charge in [0.05, 0.1) is 5.02 Å². The maximum atomic E-state index is 13.6. The fraction of sp³-hybridized carbons (Fsp3) is 0.0625. The van der Waals surface area contributed by atoms with Crippen LogP contribution in [0, 0.1) is 12.7 Å². The van der Waals surface area contributed by atoms with Gasteiger partial charge in [-0.1, -0.05) is 33.6 Å². The second kappa shape index (κ2) is 6.87. The predicted octanol–water partition coefficient (Wildman–Crippen LogP) is 5.20. The normalized spacial score (nSPS) is 10.9. The molecular formula is C16H12BrClFNO. The van der Waals surface area contributed by atoms with Crippen molar-refractivity contribution in [3.05, 3.63) is 68.9 Å². The first-order chi connectivity index (χ1) is 9.97. The molecule has 1 N–H and O–H groups in total. The van der Waals surface area contributed by atoms with Gasteiger partial charge in [-0.2, -0.15) is 0 Å². The van der Waals surface area contributed by atoms with Crippen LogP contribution in [0.3, 0.4) is 0 Å². The number of nitrogens with one attached hydrogen (secondary N) is 1. The van der Waals surface area contributed by atoms with Crippen LogP contribution in [0.2, 0.25) is 5.02 Å². The summed E-state index contributed by atoms with van der Waals surface area (Å²) in [5.74, 6) is -0.818. The summed E-state index contributed by atoms with van der Waals surface area (Å²) in [6.07, 6.45) is 2.61. The van der Waals surface area contributed by atoms with Crippen LogP contribution in [0.4, 0.5) is 10.1 Å². The van der Waals surface area contributed by atoms with E-state index in [9.17, 15) is 9.18 Å². The average molecular weight is 369 g/mol. The molecule has 0 bridgehead atoms. The first-order valence-corrected chi connectivity index (χ1v) is 7.33. The van der Waals surface area contributed by atoms with Crippen molar-refractivity contribution in [2.24, 2.45) is 0 Å². The lowest BCUT2D eigenvalue weighted by atomic mass is 10.2. The summed E-state index contributed by atoms with van der Waals surface area (Å²) >= 11 is 9.27. The van der Waals surface area contributed by atoms with E-state index in [1.807, 2.05) is 19.1 Å². The molecule has 0 aliphatic rings. The first-order valence-electron chi connectivity index (χ1n) is 6.16. The molecule has 2 aromatic carbocycles. The number of hydrogen-bond acceptors (Lipinski definition) is 1. The van der Waals surface area contributed by atoms with E-state index in [0.29, 0.717) is 5.69 Å². The highest BCUT2D eigenvalue weighted by atomic mass is 79.9. The minimum Gasteiger partial charge on any atom is -0.323 e. The zero-order chi connectivity index (χ0) is 15.4. The van der Waals surface area contributed by atoms with Crippen molar-refractivity contribution < 1.29 is 9.18 Å². The van der Waals surface area contributed by atoms with Crippen molar-refractivity contribution in [1.82, 2.24) is 0 Å². The summed E-state index contributed by atoms with van der Waals surface area (Å²) in [4.78, 5) is 11.8. The van der Waals surface area contributed by atoms with Crippen molar-refractivity contribution in [3.63, 3.8) is 0 Å². The second-order valence-corrected chi connectivity index (χ2v) is 5.68. The Balaban J connectivity index is 2.11. The van der Waals surface area contributed by atoms with E-state index in [-0.39, 0.29) is 16.5 Å². The Labute approximate surface area is 135 Å². The van der Waals surface area contributed by atoms with Gasteiger partial charge in [-0.25, -0.2) is 4.39 Å². The molecule has 108 valence electrons. The molecule has 21 heavy (non-hydrogen) atoms. The molecule has 0 saturated heterocycles. The van der Waals surface area contributed by atoms with Gasteiger partial charge in [0, 0.05) is 21.8 Å². The molecular weight excluding hydrogens is 357 g/mol. The number of amides is 1. The lowest BCUT2D eigenvalue weighted by Crippen LogP contribution is -2.07. The predicted molar refractivity (Wildman–Crippen MR) is 88.0 cm³/mol. The highest BCUT2D eigenvalue weighted by molar-refractivity contribution is 9.10. The molecule has 2 nitrogen and oxygen atoms in total. The summed E-state index contributed by atoms with van der Waals surface area (Å²) in [5.41, 5.74) is 1.88. The Morgan fingerprint density at radius 2 is 2.10 bits per heavy atom. The van der Waals surface area contributed by atoms with Gasteiger partial charge in [-0.3, -0.25) is 4.79 Å². The topological polar surface area (TPSA) is 29.1 Å². The van der Waals surface area contributed by atoms with E-state index < -0.39 is 5.82 Å². The van der Waals surface area contributed by atoms with Crippen LogP contribution >= 0.6 is 27.5 Å². The van der Waals surface area contributed by atoms with Gasteiger partial charge in [0.2, 0.25) is 5.91 Å². The van der Waals surface area contributed by atoms with Gasteiger partial charge in [-0.05, 0) is 48.9 Å². The molecule has 0 spiro atoms. The van der Waals surface area contributed by atoms with E-state index in [0.717, 1.165) is 10.0 Å². The number of hydrogen-bond donors (Lipinski definition) is 1. The van der Waals surface area contributed by atoms with Gasteiger partial charge >= 0.3 is 0 Å². The number of benzene rings is 2. The summed E-state index contributed by atoms with van der Waals surface area (Å²) in [6.45, 7) is 1.93. The minimum absolute atomic E-state index is 0.196. The quantitative estimate of drug-likeness (QED) is 0.741. The third kappa shape index (κ3) is 4.16. The Bertz CT molecular complexity index is 695. The van der Waals surface area contributed by atoms with Crippen LogP contribution in [-0.2, 0) is 4.79 Å². The highest BCUT2D eigenvalue weighted by Gasteiger charge is 2.04. The minimum atomic E-state index is -0.467. The molecule has 0 saturated carbocycles. The average Bonchev–Trinajstić information content (AvgIpc) is 2.42. The Hall–Kier alpha value is -1.65. The van der Waals surface area contributed by atoms with Crippen LogP contribution in [0.1, 0.15) is 11.1 Å². The van der Waals surface area contributed by atoms with Crippen molar-refractivity contribution in [2.45, 2.75) is 6.92 Å². The number of rotatable bonds is 3. The standard InChI is InChI=1S/C16H12BrClFNO/c1-10-9-11(5-7-13(10)17)20-16(21)8-6-12-14(18)3-2-4-15(12)19/h2-9H,1H3,(H,20,21)/b8-6+. The number of anilines is 1. The molecule has 0 aliphatic carbocycles. The first kappa shape index (κ1) is 15.7. The van der Waals surface area contributed by atoms with E-state index in [1.54, 1.807) is 12.1 Å². The van der Waals surface area contributed by atoms with Crippen LogP contribution < -0.4 is 5.32 Å². The molecule has 0 aliphatic heterocycles. The molecule has 0 atom stereocenters. The maximum Gasteiger partial charge on any atom is 0.248 e. The molecule has 1 amide bonds.